The van der Waals surface area contributed by atoms with Gasteiger partial charge in [-0.05, 0) is 25.1 Å². The van der Waals surface area contributed by atoms with Crippen LogP contribution in [0.1, 0.15) is 17.3 Å². The first-order valence-electron chi connectivity index (χ1n) is 4.91. The van der Waals surface area contributed by atoms with Crippen LogP contribution in [0.3, 0.4) is 0 Å². The molecule has 0 bridgehead atoms. The molecule has 0 fully saturated rings. The zero-order chi connectivity index (χ0) is 12.4. The maximum absolute atomic E-state index is 11.7. The van der Waals surface area contributed by atoms with Gasteiger partial charge in [-0.3, -0.25) is 4.79 Å². The van der Waals surface area contributed by atoms with Crippen molar-refractivity contribution in [2.75, 3.05) is 0 Å². The number of hydrogen-bond acceptors (Lipinski definition) is 5. The van der Waals surface area contributed by atoms with Crippen LogP contribution in [-0.2, 0) is 9.53 Å². The molecule has 5 nitrogen and oxygen atoms in total. The smallest absolute Gasteiger partial charge is 0.338 e. The summed E-state index contributed by atoms with van der Waals surface area (Å²) in [6.07, 6.45) is -0.931. The third-order valence-corrected chi connectivity index (χ3v) is 3.04. The molecule has 0 aliphatic carbocycles. The average molecular weight is 250 g/mol. The Morgan fingerprint density at radius 2 is 2.24 bits per heavy atom. The third kappa shape index (κ3) is 2.42. The number of amides is 1. The Bertz CT molecular complexity index is 579. The molecule has 1 aromatic heterocycles. The number of carbonyl (C=O) groups is 2. The Morgan fingerprint density at radius 3 is 2.94 bits per heavy atom. The Hall–Kier alpha value is -1.95. The van der Waals surface area contributed by atoms with Crippen LogP contribution in [0.4, 0.5) is 0 Å². The molecular weight excluding hydrogens is 240 g/mol. The molecule has 0 spiro atoms. The minimum Gasteiger partial charge on any atom is -0.449 e. The fourth-order valence-electron chi connectivity index (χ4n) is 1.27. The molecule has 2 N–H and O–H groups in total. The van der Waals surface area contributed by atoms with E-state index in [4.69, 9.17) is 10.5 Å². The van der Waals surface area contributed by atoms with E-state index in [1.54, 1.807) is 23.7 Å². The SMILES string of the molecule is C[C@H](OC(=O)c1ccc2ncsc2c1)C(N)=O. The van der Waals surface area contributed by atoms with E-state index in [1.807, 2.05) is 0 Å². The van der Waals surface area contributed by atoms with Crippen molar-refractivity contribution in [3.8, 4) is 0 Å². The number of ether oxygens (including phenoxy) is 1. The molecule has 0 aliphatic rings. The minimum atomic E-state index is -0.931. The Labute approximate surface area is 101 Å². The van der Waals surface area contributed by atoms with Gasteiger partial charge in [0.05, 0.1) is 21.3 Å². The van der Waals surface area contributed by atoms with Crippen LogP contribution in [0.5, 0.6) is 0 Å². The fourth-order valence-corrected chi connectivity index (χ4v) is 1.99. The van der Waals surface area contributed by atoms with E-state index in [1.165, 1.54) is 18.3 Å². The number of rotatable bonds is 3. The predicted molar refractivity (Wildman–Crippen MR) is 63.7 cm³/mol. The lowest BCUT2D eigenvalue weighted by molar-refractivity contribution is -0.125. The van der Waals surface area contributed by atoms with Gasteiger partial charge in [-0.1, -0.05) is 0 Å². The standard InChI is InChI=1S/C11H10N2O3S/c1-6(10(12)14)16-11(15)7-2-3-8-9(4-7)17-5-13-8/h2-6H,1H3,(H2,12,14)/t6-/m0/s1. The lowest BCUT2D eigenvalue weighted by Crippen LogP contribution is -2.30. The molecule has 0 saturated carbocycles. The van der Waals surface area contributed by atoms with Gasteiger partial charge in [0.15, 0.2) is 6.10 Å². The highest BCUT2D eigenvalue weighted by atomic mass is 32.1. The summed E-state index contributed by atoms with van der Waals surface area (Å²) in [6.45, 7) is 1.44. The number of nitrogens with two attached hydrogens (primary N) is 1. The van der Waals surface area contributed by atoms with E-state index in [2.05, 4.69) is 4.98 Å². The first-order chi connectivity index (χ1) is 8.08. The number of thiazole rings is 1. The highest BCUT2D eigenvalue weighted by Gasteiger charge is 2.16. The van der Waals surface area contributed by atoms with Gasteiger partial charge < -0.3 is 10.5 Å². The Morgan fingerprint density at radius 1 is 1.47 bits per heavy atom. The topological polar surface area (TPSA) is 82.3 Å². The Balaban J connectivity index is 2.21. The summed E-state index contributed by atoms with van der Waals surface area (Å²) in [4.78, 5) is 26.6. The van der Waals surface area contributed by atoms with E-state index in [9.17, 15) is 9.59 Å². The number of nitrogens with zero attached hydrogens (tertiary/aromatic N) is 1. The summed E-state index contributed by atoms with van der Waals surface area (Å²) in [5, 5.41) is 0. The molecule has 0 saturated heterocycles. The molecule has 1 heterocycles. The summed E-state index contributed by atoms with van der Waals surface area (Å²) in [7, 11) is 0. The third-order valence-electron chi connectivity index (χ3n) is 2.25. The maximum atomic E-state index is 11.7. The van der Waals surface area contributed by atoms with Gasteiger partial charge in [-0.15, -0.1) is 11.3 Å². The van der Waals surface area contributed by atoms with Crippen LogP contribution in [0.2, 0.25) is 0 Å². The van der Waals surface area contributed by atoms with Crippen molar-refractivity contribution < 1.29 is 14.3 Å². The van der Waals surface area contributed by atoms with Crippen LogP contribution in [0, 0.1) is 0 Å². The van der Waals surface area contributed by atoms with E-state index in [0.29, 0.717) is 5.56 Å². The molecule has 1 atom stereocenters. The molecule has 0 unspecified atom stereocenters. The van der Waals surface area contributed by atoms with Gasteiger partial charge in [-0.2, -0.15) is 0 Å². The van der Waals surface area contributed by atoms with Gasteiger partial charge in [0.2, 0.25) is 0 Å². The summed E-state index contributed by atoms with van der Waals surface area (Å²) in [5.41, 5.74) is 7.92. The second kappa shape index (κ2) is 4.50. The zero-order valence-corrected chi connectivity index (χ0v) is 9.86. The van der Waals surface area contributed by atoms with Crippen LogP contribution in [-0.4, -0.2) is 23.0 Å². The van der Waals surface area contributed by atoms with Gasteiger partial charge in [-0.25, -0.2) is 9.78 Å². The lowest BCUT2D eigenvalue weighted by atomic mass is 10.2. The highest BCUT2D eigenvalue weighted by molar-refractivity contribution is 7.16. The molecule has 1 aromatic carbocycles. The van der Waals surface area contributed by atoms with Crippen LogP contribution in [0.25, 0.3) is 10.2 Å². The van der Waals surface area contributed by atoms with Crippen molar-refractivity contribution in [3.63, 3.8) is 0 Å². The predicted octanol–water partition coefficient (Wildman–Crippen LogP) is 1.33. The number of carbonyl (C=O) groups excluding carboxylic acids is 2. The van der Waals surface area contributed by atoms with Crippen LogP contribution >= 0.6 is 11.3 Å². The number of primary amides is 1. The number of hydrogen-bond donors (Lipinski definition) is 1. The van der Waals surface area contributed by atoms with Crippen molar-refractivity contribution in [2.45, 2.75) is 13.0 Å². The largest absolute Gasteiger partial charge is 0.449 e. The number of fused-ring (bicyclic) bond motifs is 1. The van der Waals surface area contributed by atoms with Gasteiger partial charge in [0, 0.05) is 0 Å². The van der Waals surface area contributed by atoms with Gasteiger partial charge in [0.1, 0.15) is 0 Å². The quantitative estimate of drug-likeness (QED) is 0.833. The highest BCUT2D eigenvalue weighted by Crippen LogP contribution is 2.19. The molecule has 17 heavy (non-hydrogen) atoms. The molecule has 0 radical (unpaired) electrons. The molecule has 0 aliphatic heterocycles. The monoisotopic (exact) mass is 250 g/mol. The molecular formula is C11H10N2O3S. The van der Waals surface area contributed by atoms with Crippen LogP contribution < -0.4 is 5.73 Å². The molecule has 88 valence electrons. The van der Waals surface area contributed by atoms with E-state index < -0.39 is 18.0 Å². The lowest BCUT2D eigenvalue weighted by Gasteiger charge is -2.09. The van der Waals surface area contributed by atoms with Crippen molar-refractivity contribution in [3.05, 3.63) is 29.3 Å². The second-order valence-electron chi connectivity index (χ2n) is 3.48. The van der Waals surface area contributed by atoms with Crippen molar-refractivity contribution in [1.29, 1.82) is 0 Å². The van der Waals surface area contributed by atoms with Crippen molar-refractivity contribution in [2.24, 2.45) is 5.73 Å². The van der Waals surface area contributed by atoms with E-state index in [-0.39, 0.29) is 0 Å². The van der Waals surface area contributed by atoms with Crippen molar-refractivity contribution in [1.82, 2.24) is 4.98 Å². The molecule has 6 heteroatoms. The molecule has 2 rings (SSSR count). The maximum Gasteiger partial charge on any atom is 0.338 e. The fraction of sp³-hybridized carbons (Fsp3) is 0.182. The number of benzene rings is 1. The first-order valence-corrected chi connectivity index (χ1v) is 5.79. The number of esters is 1. The average Bonchev–Trinajstić information content (AvgIpc) is 2.75. The van der Waals surface area contributed by atoms with Crippen LogP contribution in [0.15, 0.2) is 23.7 Å². The van der Waals surface area contributed by atoms with Crippen molar-refractivity contribution >= 4 is 33.4 Å². The zero-order valence-electron chi connectivity index (χ0n) is 9.04. The second-order valence-corrected chi connectivity index (χ2v) is 4.37. The summed E-state index contributed by atoms with van der Waals surface area (Å²) < 4.78 is 5.79. The minimum absolute atomic E-state index is 0.384. The Kier molecular flexibility index (Phi) is 3.06. The van der Waals surface area contributed by atoms with E-state index in [0.717, 1.165) is 10.2 Å². The summed E-state index contributed by atoms with van der Waals surface area (Å²) in [6, 6.07) is 5.03. The summed E-state index contributed by atoms with van der Waals surface area (Å²) in [5.74, 6) is -1.23. The summed E-state index contributed by atoms with van der Waals surface area (Å²) >= 11 is 1.43. The first kappa shape index (κ1) is 11.5. The molecule has 1 amide bonds. The molecule has 2 aromatic rings. The van der Waals surface area contributed by atoms with Gasteiger partial charge in [0.25, 0.3) is 5.91 Å². The van der Waals surface area contributed by atoms with E-state index >= 15 is 0 Å². The number of aromatic nitrogens is 1. The normalized spacial score (nSPS) is 12.3. The van der Waals surface area contributed by atoms with Gasteiger partial charge >= 0.3 is 5.97 Å².